The smallest absolute Gasteiger partial charge is 0.376 e. The van der Waals surface area contributed by atoms with Gasteiger partial charge >= 0.3 is 5.97 Å². The predicted octanol–water partition coefficient (Wildman–Crippen LogP) is 2.11. The van der Waals surface area contributed by atoms with Gasteiger partial charge in [0, 0.05) is 12.2 Å². The molecule has 0 aliphatic heterocycles. The maximum atomic E-state index is 11.3. The molecule has 1 aromatic heterocycles. The second-order valence-corrected chi connectivity index (χ2v) is 4.99. The van der Waals surface area contributed by atoms with Crippen LogP contribution in [-0.4, -0.2) is 29.1 Å². The van der Waals surface area contributed by atoms with Crippen molar-refractivity contribution in [2.24, 2.45) is 5.41 Å². The molecular weight excluding hydrogens is 218 g/mol. The average molecular weight is 237 g/mol. The summed E-state index contributed by atoms with van der Waals surface area (Å²) in [5.41, 5.74) is 0.108. The molecular formula is C12H19N3O2. The van der Waals surface area contributed by atoms with Crippen LogP contribution in [0.4, 0.5) is 5.82 Å². The van der Waals surface area contributed by atoms with Crippen molar-refractivity contribution < 1.29 is 9.53 Å². The van der Waals surface area contributed by atoms with E-state index in [2.05, 4.69) is 47.7 Å². The minimum atomic E-state index is -0.530. The van der Waals surface area contributed by atoms with E-state index in [1.807, 2.05) is 0 Å². The summed E-state index contributed by atoms with van der Waals surface area (Å²) < 4.78 is 4.57. The van der Waals surface area contributed by atoms with Gasteiger partial charge < -0.3 is 10.1 Å². The number of rotatable bonds is 3. The molecule has 1 aromatic rings. The van der Waals surface area contributed by atoms with Crippen LogP contribution in [-0.2, 0) is 4.74 Å². The predicted molar refractivity (Wildman–Crippen MR) is 65.9 cm³/mol. The third kappa shape index (κ3) is 3.69. The summed E-state index contributed by atoms with van der Waals surface area (Å²) in [6.45, 7) is 8.47. The number of ether oxygens (including phenoxy) is 1. The van der Waals surface area contributed by atoms with Crippen molar-refractivity contribution in [2.45, 2.75) is 33.7 Å². The summed E-state index contributed by atoms with van der Waals surface area (Å²) in [7, 11) is 1.31. The largest absolute Gasteiger partial charge is 0.463 e. The highest BCUT2D eigenvalue weighted by atomic mass is 16.5. The lowest BCUT2D eigenvalue weighted by Crippen LogP contribution is -2.31. The Morgan fingerprint density at radius 1 is 1.47 bits per heavy atom. The Balaban J connectivity index is 2.83. The first-order valence-electron chi connectivity index (χ1n) is 5.52. The van der Waals surface area contributed by atoms with Gasteiger partial charge in [0.1, 0.15) is 5.82 Å². The fourth-order valence-corrected chi connectivity index (χ4v) is 1.07. The summed E-state index contributed by atoms with van der Waals surface area (Å²) in [5.74, 6) is 0.165. The molecule has 0 bridgehead atoms. The summed E-state index contributed by atoms with van der Waals surface area (Å²) >= 11 is 0. The van der Waals surface area contributed by atoms with E-state index in [0.717, 1.165) is 0 Å². The number of nitrogens with zero attached hydrogens (tertiary/aromatic N) is 2. The van der Waals surface area contributed by atoms with E-state index in [-0.39, 0.29) is 17.3 Å². The molecule has 5 nitrogen and oxygen atoms in total. The first-order valence-corrected chi connectivity index (χ1v) is 5.52. The average Bonchev–Trinajstić information content (AvgIpc) is 2.27. The molecule has 1 N–H and O–H groups in total. The molecule has 0 saturated carbocycles. The lowest BCUT2D eigenvalue weighted by Gasteiger charge is -2.28. The van der Waals surface area contributed by atoms with Crippen LogP contribution in [0.15, 0.2) is 12.3 Å². The molecule has 1 unspecified atom stereocenters. The second kappa shape index (κ2) is 5.12. The van der Waals surface area contributed by atoms with Gasteiger partial charge in [0.2, 0.25) is 5.82 Å². The van der Waals surface area contributed by atoms with Crippen LogP contribution in [0.5, 0.6) is 0 Å². The zero-order valence-corrected chi connectivity index (χ0v) is 10.9. The third-order valence-corrected chi connectivity index (χ3v) is 2.69. The minimum absolute atomic E-state index is 0.0682. The summed E-state index contributed by atoms with van der Waals surface area (Å²) in [5, 5.41) is 3.24. The fraction of sp³-hybridized carbons (Fsp3) is 0.583. The Hall–Kier alpha value is -1.65. The number of esters is 1. The van der Waals surface area contributed by atoms with Crippen LogP contribution in [0.2, 0.25) is 0 Å². The highest BCUT2D eigenvalue weighted by molar-refractivity contribution is 5.85. The van der Waals surface area contributed by atoms with Crippen LogP contribution in [0.25, 0.3) is 0 Å². The molecule has 17 heavy (non-hydrogen) atoms. The number of carbonyl (C=O) groups excluding carboxylic acids is 1. The SMILES string of the molecule is COC(=O)c1nccc(NC(C)C(C)(C)C)n1. The number of nitrogens with one attached hydrogen (secondary N) is 1. The van der Waals surface area contributed by atoms with Gasteiger partial charge in [-0.05, 0) is 18.4 Å². The van der Waals surface area contributed by atoms with Gasteiger partial charge in [0.15, 0.2) is 0 Å². The number of aromatic nitrogens is 2. The number of carbonyl (C=O) groups is 1. The first kappa shape index (κ1) is 13.4. The van der Waals surface area contributed by atoms with Crippen molar-refractivity contribution in [1.29, 1.82) is 0 Å². The standard InChI is InChI=1S/C12H19N3O2/c1-8(12(2,3)4)14-9-6-7-13-10(15-9)11(16)17-5/h6-8H,1-5H3,(H,13,14,15). The lowest BCUT2D eigenvalue weighted by molar-refractivity contribution is 0.0587. The van der Waals surface area contributed by atoms with Gasteiger partial charge in [-0.25, -0.2) is 14.8 Å². The Morgan fingerprint density at radius 3 is 2.65 bits per heavy atom. The number of methoxy groups -OCH3 is 1. The minimum Gasteiger partial charge on any atom is -0.463 e. The summed E-state index contributed by atoms with van der Waals surface area (Å²) in [4.78, 5) is 19.2. The molecule has 1 atom stereocenters. The van der Waals surface area contributed by atoms with Gasteiger partial charge in [-0.2, -0.15) is 0 Å². The number of hydrogen-bond acceptors (Lipinski definition) is 5. The fourth-order valence-electron chi connectivity index (χ4n) is 1.07. The van der Waals surface area contributed by atoms with Crippen LogP contribution in [0.1, 0.15) is 38.3 Å². The van der Waals surface area contributed by atoms with E-state index in [1.54, 1.807) is 6.07 Å². The highest BCUT2D eigenvalue weighted by Crippen LogP contribution is 2.21. The Kier molecular flexibility index (Phi) is 4.04. The van der Waals surface area contributed by atoms with Gasteiger partial charge in [-0.3, -0.25) is 0 Å². The van der Waals surface area contributed by atoms with Crippen molar-refractivity contribution in [2.75, 3.05) is 12.4 Å². The molecule has 0 aliphatic rings. The molecule has 0 aromatic carbocycles. The maximum absolute atomic E-state index is 11.3. The number of hydrogen-bond donors (Lipinski definition) is 1. The molecule has 0 amide bonds. The van der Waals surface area contributed by atoms with E-state index in [0.29, 0.717) is 5.82 Å². The van der Waals surface area contributed by atoms with Crippen LogP contribution < -0.4 is 5.32 Å². The van der Waals surface area contributed by atoms with Crippen molar-refractivity contribution in [3.63, 3.8) is 0 Å². The molecule has 5 heteroatoms. The lowest BCUT2D eigenvalue weighted by atomic mass is 9.88. The quantitative estimate of drug-likeness (QED) is 0.816. The Labute approximate surface area is 102 Å². The Morgan fingerprint density at radius 2 is 2.12 bits per heavy atom. The summed E-state index contributed by atoms with van der Waals surface area (Å²) in [6, 6.07) is 1.96. The van der Waals surface area contributed by atoms with Crippen LogP contribution in [0.3, 0.4) is 0 Å². The molecule has 1 heterocycles. The molecule has 0 aliphatic carbocycles. The van der Waals surface area contributed by atoms with Gasteiger partial charge in [-0.15, -0.1) is 0 Å². The van der Waals surface area contributed by atoms with Gasteiger partial charge in [0.25, 0.3) is 0 Å². The normalized spacial score (nSPS) is 13.0. The van der Waals surface area contributed by atoms with Crippen molar-refractivity contribution in [3.8, 4) is 0 Å². The van der Waals surface area contributed by atoms with Gasteiger partial charge in [0.05, 0.1) is 7.11 Å². The molecule has 94 valence electrons. The van der Waals surface area contributed by atoms with Crippen molar-refractivity contribution >= 4 is 11.8 Å². The van der Waals surface area contributed by atoms with Gasteiger partial charge in [-0.1, -0.05) is 20.8 Å². The molecule has 0 radical (unpaired) electrons. The number of anilines is 1. The third-order valence-electron chi connectivity index (χ3n) is 2.69. The van der Waals surface area contributed by atoms with E-state index >= 15 is 0 Å². The highest BCUT2D eigenvalue weighted by Gasteiger charge is 2.20. The Bertz CT molecular complexity index is 399. The zero-order valence-electron chi connectivity index (χ0n) is 10.9. The van der Waals surface area contributed by atoms with Crippen LogP contribution in [0, 0.1) is 5.41 Å². The van der Waals surface area contributed by atoms with E-state index in [1.165, 1.54) is 13.3 Å². The maximum Gasteiger partial charge on any atom is 0.376 e. The van der Waals surface area contributed by atoms with Crippen molar-refractivity contribution in [3.05, 3.63) is 18.1 Å². The zero-order chi connectivity index (χ0) is 13.1. The van der Waals surface area contributed by atoms with E-state index < -0.39 is 5.97 Å². The van der Waals surface area contributed by atoms with Crippen LogP contribution >= 0.6 is 0 Å². The summed E-state index contributed by atoms with van der Waals surface area (Å²) in [6.07, 6.45) is 1.54. The monoisotopic (exact) mass is 237 g/mol. The topological polar surface area (TPSA) is 64.1 Å². The molecule has 0 fully saturated rings. The molecule has 0 saturated heterocycles. The molecule has 1 rings (SSSR count). The second-order valence-electron chi connectivity index (χ2n) is 4.99. The van der Waals surface area contributed by atoms with E-state index in [9.17, 15) is 4.79 Å². The molecule has 0 spiro atoms. The van der Waals surface area contributed by atoms with Crippen molar-refractivity contribution in [1.82, 2.24) is 9.97 Å². The first-order chi connectivity index (χ1) is 7.84. The van der Waals surface area contributed by atoms with E-state index in [4.69, 9.17) is 0 Å².